The fraction of sp³-hybridized carbons (Fsp3) is 0.741. The Bertz CT molecular complexity index is 561. The molecule has 4 nitrogen and oxygen atoms in total. The molecule has 1 rings (SSSR count). The first-order chi connectivity index (χ1) is 15.2. The first-order valence-corrected chi connectivity index (χ1v) is 13.0. The number of hydrogen-bond acceptors (Lipinski definition) is 4. The van der Waals surface area contributed by atoms with E-state index >= 15 is 0 Å². The van der Waals surface area contributed by atoms with Crippen LogP contribution in [0.3, 0.4) is 0 Å². The van der Waals surface area contributed by atoms with Crippen molar-refractivity contribution in [2.24, 2.45) is 11.5 Å². The minimum absolute atomic E-state index is 0.0554. The van der Waals surface area contributed by atoms with Gasteiger partial charge in [-0.3, -0.25) is 4.79 Å². The summed E-state index contributed by atoms with van der Waals surface area (Å²) in [5.41, 5.74) is 13.5. The fourth-order valence-electron chi connectivity index (χ4n) is 4.07. The lowest BCUT2D eigenvalue weighted by Crippen LogP contribution is -2.31. The van der Waals surface area contributed by atoms with E-state index in [9.17, 15) is 4.79 Å². The molecular formula is C27H49N3O. The van der Waals surface area contributed by atoms with E-state index in [2.05, 4.69) is 12.2 Å². The number of carbonyl (C=O) groups excluding carboxylic acids is 1. The number of nitrogens with one attached hydrogen (secondary N) is 1. The van der Waals surface area contributed by atoms with E-state index in [0.29, 0.717) is 13.0 Å². The molecular weight excluding hydrogens is 382 g/mol. The SMILES string of the molecule is CCCCCCCCCCCCCCNCc1ccccc1C(=O)[C@@H](N)CCCCN. The second-order valence-corrected chi connectivity index (χ2v) is 8.98. The predicted octanol–water partition coefficient (Wildman–Crippen LogP) is 6.12. The molecule has 0 aliphatic heterocycles. The maximum atomic E-state index is 12.7. The largest absolute Gasteiger partial charge is 0.330 e. The molecule has 1 atom stereocenters. The zero-order valence-electron chi connectivity index (χ0n) is 20.2. The minimum Gasteiger partial charge on any atom is -0.330 e. The Balaban J connectivity index is 2.11. The Hall–Kier alpha value is -1.23. The van der Waals surface area contributed by atoms with Crippen LogP contribution >= 0.6 is 0 Å². The fourth-order valence-corrected chi connectivity index (χ4v) is 4.07. The molecule has 0 amide bonds. The predicted molar refractivity (Wildman–Crippen MR) is 134 cm³/mol. The molecule has 0 heterocycles. The Kier molecular flexibility index (Phi) is 17.4. The van der Waals surface area contributed by atoms with Gasteiger partial charge in [0, 0.05) is 12.1 Å². The van der Waals surface area contributed by atoms with E-state index in [1.807, 2.05) is 24.3 Å². The smallest absolute Gasteiger partial charge is 0.179 e. The quantitative estimate of drug-likeness (QED) is 0.162. The van der Waals surface area contributed by atoms with E-state index in [-0.39, 0.29) is 5.78 Å². The topological polar surface area (TPSA) is 81.1 Å². The molecule has 1 aromatic carbocycles. The molecule has 0 saturated carbocycles. The third-order valence-corrected chi connectivity index (χ3v) is 6.11. The van der Waals surface area contributed by atoms with Crippen LogP contribution in [0.5, 0.6) is 0 Å². The highest BCUT2D eigenvalue weighted by Crippen LogP contribution is 2.14. The standard InChI is InChI=1S/C27H49N3O/c1-2-3-4-5-6-7-8-9-10-11-12-17-22-30-23-24-18-13-14-19-25(24)27(31)26(29)20-15-16-21-28/h13-14,18-19,26,30H,2-12,15-17,20-23,28-29H2,1H3/t26-/m0/s1. The molecule has 0 aliphatic rings. The van der Waals surface area contributed by atoms with Gasteiger partial charge in [-0.1, -0.05) is 108 Å². The Morgan fingerprint density at radius 3 is 2.03 bits per heavy atom. The van der Waals surface area contributed by atoms with Crippen molar-refractivity contribution in [3.8, 4) is 0 Å². The van der Waals surface area contributed by atoms with Crippen LogP contribution in [0.25, 0.3) is 0 Å². The highest BCUT2D eigenvalue weighted by Gasteiger charge is 2.17. The van der Waals surface area contributed by atoms with Crippen LogP contribution in [0, 0.1) is 0 Å². The number of nitrogens with two attached hydrogens (primary N) is 2. The number of unbranched alkanes of at least 4 members (excludes halogenated alkanes) is 12. The van der Waals surface area contributed by atoms with Crippen molar-refractivity contribution < 1.29 is 4.79 Å². The summed E-state index contributed by atoms with van der Waals surface area (Å²) >= 11 is 0. The van der Waals surface area contributed by atoms with Gasteiger partial charge in [0.2, 0.25) is 0 Å². The highest BCUT2D eigenvalue weighted by molar-refractivity contribution is 6.01. The van der Waals surface area contributed by atoms with Gasteiger partial charge in [0.05, 0.1) is 6.04 Å². The van der Waals surface area contributed by atoms with Crippen molar-refractivity contribution in [1.82, 2.24) is 5.32 Å². The van der Waals surface area contributed by atoms with Crippen molar-refractivity contribution in [3.63, 3.8) is 0 Å². The molecule has 0 radical (unpaired) electrons. The van der Waals surface area contributed by atoms with Crippen molar-refractivity contribution in [2.45, 2.75) is 116 Å². The summed E-state index contributed by atoms with van der Waals surface area (Å²) < 4.78 is 0. The van der Waals surface area contributed by atoms with Gasteiger partial charge >= 0.3 is 0 Å². The average Bonchev–Trinajstić information content (AvgIpc) is 2.79. The average molecular weight is 432 g/mol. The summed E-state index contributed by atoms with van der Waals surface area (Å²) in [5, 5.41) is 3.51. The molecule has 0 aliphatic carbocycles. The lowest BCUT2D eigenvalue weighted by atomic mass is 9.96. The summed E-state index contributed by atoms with van der Waals surface area (Å²) in [7, 11) is 0. The molecule has 1 aromatic rings. The third kappa shape index (κ3) is 13.7. The maximum absolute atomic E-state index is 12.7. The second kappa shape index (κ2) is 19.5. The van der Waals surface area contributed by atoms with Crippen LogP contribution in [0.1, 0.15) is 119 Å². The van der Waals surface area contributed by atoms with Gasteiger partial charge in [0.15, 0.2) is 5.78 Å². The molecule has 0 unspecified atom stereocenters. The van der Waals surface area contributed by atoms with Gasteiger partial charge in [-0.2, -0.15) is 0 Å². The minimum atomic E-state index is -0.427. The van der Waals surface area contributed by atoms with E-state index < -0.39 is 6.04 Å². The molecule has 31 heavy (non-hydrogen) atoms. The van der Waals surface area contributed by atoms with Crippen LogP contribution in [0.15, 0.2) is 24.3 Å². The van der Waals surface area contributed by atoms with Gasteiger partial charge in [0.25, 0.3) is 0 Å². The summed E-state index contributed by atoms with van der Waals surface area (Å²) in [6, 6.07) is 7.44. The summed E-state index contributed by atoms with van der Waals surface area (Å²) in [5.74, 6) is 0.0554. The summed E-state index contributed by atoms with van der Waals surface area (Å²) in [4.78, 5) is 12.7. The van der Waals surface area contributed by atoms with Gasteiger partial charge in [-0.25, -0.2) is 0 Å². The molecule has 178 valence electrons. The zero-order chi connectivity index (χ0) is 22.6. The van der Waals surface area contributed by atoms with Gasteiger partial charge < -0.3 is 16.8 Å². The van der Waals surface area contributed by atoms with Crippen LogP contribution < -0.4 is 16.8 Å². The summed E-state index contributed by atoms with van der Waals surface area (Å²) in [6.45, 7) is 4.66. The van der Waals surface area contributed by atoms with Crippen LogP contribution in [0.2, 0.25) is 0 Å². The number of ketones is 1. The third-order valence-electron chi connectivity index (χ3n) is 6.11. The Labute approximate surface area is 191 Å². The second-order valence-electron chi connectivity index (χ2n) is 8.98. The van der Waals surface area contributed by atoms with E-state index in [1.165, 1.54) is 77.0 Å². The van der Waals surface area contributed by atoms with Gasteiger partial charge in [-0.15, -0.1) is 0 Å². The number of rotatable bonds is 21. The molecule has 0 saturated heterocycles. The van der Waals surface area contributed by atoms with Gasteiger partial charge in [0.1, 0.15) is 0 Å². The van der Waals surface area contributed by atoms with E-state index in [4.69, 9.17) is 11.5 Å². The molecule has 4 heteroatoms. The van der Waals surface area contributed by atoms with Gasteiger partial charge in [-0.05, 0) is 37.9 Å². The first-order valence-electron chi connectivity index (χ1n) is 13.0. The molecule has 0 bridgehead atoms. The first kappa shape index (κ1) is 27.8. The monoisotopic (exact) mass is 431 g/mol. The van der Waals surface area contributed by atoms with Crippen LogP contribution in [-0.2, 0) is 6.54 Å². The molecule has 0 spiro atoms. The molecule has 0 aromatic heterocycles. The highest BCUT2D eigenvalue weighted by atomic mass is 16.1. The van der Waals surface area contributed by atoms with Crippen molar-refractivity contribution in [1.29, 1.82) is 0 Å². The zero-order valence-corrected chi connectivity index (χ0v) is 20.2. The van der Waals surface area contributed by atoms with Crippen molar-refractivity contribution in [3.05, 3.63) is 35.4 Å². The maximum Gasteiger partial charge on any atom is 0.179 e. The van der Waals surface area contributed by atoms with Crippen molar-refractivity contribution >= 4 is 5.78 Å². The normalized spacial score (nSPS) is 12.2. The number of benzene rings is 1. The Morgan fingerprint density at radius 1 is 0.839 bits per heavy atom. The number of hydrogen-bond donors (Lipinski definition) is 3. The number of carbonyl (C=O) groups is 1. The van der Waals surface area contributed by atoms with E-state index in [1.54, 1.807) is 0 Å². The Morgan fingerprint density at radius 2 is 1.42 bits per heavy atom. The van der Waals surface area contributed by atoms with Crippen LogP contribution in [-0.4, -0.2) is 24.9 Å². The lowest BCUT2D eigenvalue weighted by molar-refractivity contribution is 0.0955. The number of Topliss-reactive ketones (excluding diaryl/α,β-unsaturated/α-hetero) is 1. The molecule has 0 fully saturated rings. The van der Waals surface area contributed by atoms with E-state index in [0.717, 1.165) is 37.1 Å². The summed E-state index contributed by atoms with van der Waals surface area (Å²) in [6.07, 6.45) is 18.9. The molecule has 5 N–H and O–H groups in total. The van der Waals surface area contributed by atoms with Crippen molar-refractivity contribution in [2.75, 3.05) is 13.1 Å². The van der Waals surface area contributed by atoms with Crippen LogP contribution in [0.4, 0.5) is 0 Å². The lowest BCUT2D eigenvalue weighted by Gasteiger charge is -2.14.